The molecule has 1 aromatic heterocycles. The predicted molar refractivity (Wildman–Crippen MR) is 79.8 cm³/mol. The number of amides is 2. The average Bonchev–Trinajstić information content (AvgIpc) is 2.94. The van der Waals surface area contributed by atoms with Gasteiger partial charge in [-0.3, -0.25) is 9.59 Å². The second-order valence-electron chi connectivity index (χ2n) is 5.15. The fourth-order valence-electron chi connectivity index (χ4n) is 1.71. The fourth-order valence-corrected chi connectivity index (χ4v) is 1.71. The van der Waals surface area contributed by atoms with Crippen molar-refractivity contribution in [3.63, 3.8) is 0 Å². The Morgan fingerprint density at radius 2 is 2.09 bits per heavy atom. The van der Waals surface area contributed by atoms with Crippen molar-refractivity contribution in [2.24, 2.45) is 5.92 Å². The largest absolute Gasteiger partial charge is 0.480 e. The third kappa shape index (κ3) is 6.74. The zero-order chi connectivity index (χ0) is 16.5. The number of hydrogen-bond donors (Lipinski definition) is 3. The first-order valence-corrected chi connectivity index (χ1v) is 6.90. The van der Waals surface area contributed by atoms with E-state index < -0.39 is 23.8 Å². The van der Waals surface area contributed by atoms with Gasteiger partial charge in [-0.25, -0.2) is 4.79 Å². The second kappa shape index (κ2) is 8.66. The van der Waals surface area contributed by atoms with Crippen LogP contribution in [0.5, 0.6) is 0 Å². The molecule has 7 nitrogen and oxygen atoms in total. The lowest BCUT2D eigenvalue weighted by Gasteiger charge is -2.16. The van der Waals surface area contributed by atoms with Crippen LogP contribution in [0.3, 0.4) is 0 Å². The van der Waals surface area contributed by atoms with Gasteiger partial charge >= 0.3 is 5.97 Å². The van der Waals surface area contributed by atoms with Crippen LogP contribution in [0.25, 0.3) is 6.08 Å². The molecular weight excluding hydrogens is 288 g/mol. The van der Waals surface area contributed by atoms with Crippen LogP contribution in [0.2, 0.25) is 0 Å². The maximum absolute atomic E-state index is 11.6. The molecule has 0 radical (unpaired) electrons. The summed E-state index contributed by atoms with van der Waals surface area (Å²) in [4.78, 5) is 34.2. The lowest BCUT2D eigenvalue weighted by molar-refractivity contribution is -0.142. The second-order valence-corrected chi connectivity index (χ2v) is 5.15. The predicted octanol–water partition coefficient (Wildman–Crippen LogP) is 1.02. The average molecular weight is 308 g/mol. The van der Waals surface area contributed by atoms with Gasteiger partial charge in [-0.15, -0.1) is 0 Å². The number of carbonyl (C=O) groups is 3. The van der Waals surface area contributed by atoms with E-state index >= 15 is 0 Å². The number of nitrogens with one attached hydrogen (secondary N) is 2. The summed E-state index contributed by atoms with van der Waals surface area (Å²) in [7, 11) is 0. The van der Waals surface area contributed by atoms with E-state index in [9.17, 15) is 14.4 Å². The molecule has 1 aromatic rings. The lowest BCUT2D eigenvalue weighted by atomic mass is 10.0. The molecule has 1 rings (SSSR count). The van der Waals surface area contributed by atoms with E-state index in [1.54, 1.807) is 12.1 Å². The fraction of sp³-hybridized carbons (Fsp3) is 0.400. The number of hydrogen-bond acceptors (Lipinski definition) is 4. The summed E-state index contributed by atoms with van der Waals surface area (Å²) in [5.74, 6) is -1.46. The van der Waals surface area contributed by atoms with Crippen molar-refractivity contribution in [2.45, 2.75) is 26.3 Å². The quantitative estimate of drug-likeness (QED) is 0.621. The molecule has 7 heteroatoms. The van der Waals surface area contributed by atoms with Gasteiger partial charge in [0.1, 0.15) is 11.8 Å². The van der Waals surface area contributed by atoms with Crippen LogP contribution >= 0.6 is 0 Å². The number of carboxylic acid groups (broad SMARTS) is 1. The van der Waals surface area contributed by atoms with Gasteiger partial charge in [-0.2, -0.15) is 0 Å². The lowest BCUT2D eigenvalue weighted by Crippen LogP contribution is -2.45. The van der Waals surface area contributed by atoms with Crippen molar-refractivity contribution in [3.05, 3.63) is 30.2 Å². The van der Waals surface area contributed by atoms with E-state index in [4.69, 9.17) is 9.52 Å². The van der Waals surface area contributed by atoms with Crippen molar-refractivity contribution < 1.29 is 23.9 Å². The number of carbonyl (C=O) groups excluding carboxylic acids is 2. The van der Waals surface area contributed by atoms with Crippen LogP contribution in [0.1, 0.15) is 26.0 Å². The van der Waals surface area contributed by atoms with E-state index in [0.717, 1.165) is 0 Å². The zero-order valence-electron chi connectivity index (χ0n) is 12.5. The molecule has 1 atom stereocenters. The molecule has 120 valence electrons. The first kappa shape index (κ1) is 17.5. The van der Waals surface area contributed by atoms with Crippen LogP contribution in [0.4, 0.5) is 0 Å². The number of aliphatic carboxylic acids is 1. The molecule has 0 aromatic carbocycles. The third-order valence-corrected chi connectivity index (χ3v) is 2.71. The summed E-state index contributed by atoms with van der Waals surface area (Å²) in [6, 6.07) is 2.41. The molecule has 0 spiro atoms. The first-order valence-electron chi connectivity index (χ1n) is 6.90. The van der Waals surface area contributed by atoms with E-state index in [-0.39, 0.29) is 12.5 Å². The van der Waals surface area contributed by atoms with Crippen LogP contribution in [-0.2, 0) is 14.4 Å². The number of carboxylic acids is 1. The Morgan fingerprint density at radius 1 is 1.36 bits per heavy atom. The van der Waals surface area contributed by atoms with Crippen LogP contribution in [-0.4, -0.2) is 35.5 Å². The van der Waals surface area contributed by atoms with Gasteiger partial charge in [0.05, 0.1) is 12.8 Å². The molecule has 0 aliphatic heterocycles. The van der Waals surface area contributed by atoms with E-state index in [2.05, 4.69) is 10.6 Å². The van der Waals surface area contributed by atoms with Gasteiger partial charge in [-0.1, -0.05) is 13.8 Å². The van der Waals surface area contributed by atoms with E-state index in [0.29, 0.717) is 12.2 Å². The highest BCUT2D eigenvalue weighted by molar-refractivity contribution is 5.94. The molecular formula is C15H20N2O5. The Hall–Kier alpha value is -2.57. The molecule has 22 heavy (non-hydrogen) atoms. The molecule has 0 fully saturated rings. The highest BCUT2D eigenvalue weighted by atomic mass is 16.4. The van der Waals surface area contributed by atoms with E-state index in [1.807, 2.05) is 13.8 Å². The standard InChI is InChI=1S/C15H20N2O5/c1-10(2)8-12(15(20)21)17-14(19)9-16-13(18)6-5-11-4-3-7-22-11/h3-7,10,12H,8-9H2,1-2H3,(H,16,18)(H,17,19)(H,20,21)/b6-5-/t12-/m1/s1. The number of furan rings is 1. The van der Waals surface area contributed by atoms with Gasteiger partial charge in [0.15, 0.2) is 0 Å². The van der Waals surface area contributed by atoms with E-state index in [1.165, 1.54) is 18.4 Å². The highest BCUT2D eigenvalue weighted by Gasteiger charge is 2.20. The Balaban J connectivity index is 2.38. The smallest absolute Gasteiger partial charge is 0.326 e. The monoisotopic (exact) mass is 308 g/mol. The van der Waals surface area contributed by atoms with Gasteiger partial charge in [-0.05, 0) is 30.5 Å². The van der Waals surface area contributed by atoms with Gasteiger partial charge < -0.3 is 20.2 Å². The Morgan fingerprint density at radius 3 is 2.64 bits per heavy atom. The molecule has 0 saturated heterocycles. The normalized spacial score (nSPS) is 12.3. The SMILES string of the molecule is CC(C)C[C@@H](NC(=O)CNC(=O)/C=C\c1ccco1)C(=O)O. The molecule has 0 unspecified atom stereocenters. The molecule has 3 N–H and O–H groups in total. The van der Waals surface area contributed by atoms with Crippen molar-refractivity contribution in [2.75, 3.05) is 6.54 Å². The minimum absolute atomic E-state index is 0.132. The molecule has 0 aliphatic carbocycles. The number of rotatable bonds is 8. The summed E-state index contributed by atoms with van der Waals surface area (Å²) in [5.41, 5.74) is 0. The minimum Gasteiger partial charge on any atom is -0.480 e. The Bertz CT molecular complexity index is 534. The molecule has 0 saturated carbocycles. The highest BCUT2D eigenvalue weighted by Crippen LogP contribution is 2.04. The van der Waals surface area contributed by atoms with Crippen molar-refractivity contribution >= 4 is 23.9 Å². The maximum Gasteiger partial charge on any atom is 0.326 e. The molecule has 1 heterocycles. The zero-order valence-corrected chi connectivity index (χ0v) is 12.5. The summed E-state index contributed by atoms with van der Waals surface area (Å²) < 4.78 is 5.01. The van der Waals surface area contributed by atoms with Crippen molar-refractivity contribution in [1.29, 1.82) is 0 Å². The maximum atomic E-state index is 11.6. The summed E-state index contributed by atoms with van der Waals surface area (Å²) in [6.45, 7) is 3.44. The third-order valence-electron chi connectivity index (χ3n) is 2.71. The molecule has 0 aliphatic rings. The van der Waals surface area contributed by atoms with Gasteiger partial charge in [0.2, 0.25) is 11.8 Å². The van der Waals surface area contributed by atoms with Crippen LogP contribution in [0.15, 0.2) is 28.9 Å². The Labute approximate surface area is 128 Å². The summed E-state index contributed by atoms with van der Waals surface area (Å²) in [6.07, 6.45) is 4.50. The van der Waals surface area contributed by atoms with Crippen molar-refractivity contribution in [3.8, 4) is 0 Å². The van der Waals surface area contributed by atoms with Crippen LogP contribution in [0, 0.1) is 5.92 Å². The summed E-state index contributed by atoms with van der Waals surface area (Å²) >= 11 is 0. The van der Waals surface area contributed by atoms with Gasteiger partial charge in [0.25, 0.3) is 0 Å². The topological polar surface area (TPSA) is 109 Å². The Kier molecular flexibility index (Phi) is 6.88. The van der Waals surface area contributed by atoms with Crippen LogP contribution < -0.4 is 10.6 Å². The minimum atomic E-state index is -1.09. The first-order chi connectivity index (χ1) is 10.4. The summed E-state index contributed by atoms with van der Waals surface area (Å²) in [5, 5.41) is 13.8. The molecule has 0 bridgehead atoms. The van der Waals surface area contributed by atoms with Crippen molar-refractivity contribution in [1.82, 2.24) is 10.6 Å². The molecule has 2 amide bonds. The van der Waals surface area contributed by atoms with Gasteiger partial charge in [0, 0.05) is 6.08 Å².